The Morgan fingerprint density at radius 2 is 2.00 bits per heavy atom. The maximum atomic E-state index is 3.59. The van der Waals surface area contributed by atoms with Crippen LogP contribution in [0, 0.1) is 5.92 Å². The highest BCUT2D eigenvalue weighted by atomic mass is 14.9. The first-order valence-corrected chi connectivity index (χ1v) is 6.65. The van der Waals surface area contributed by atoms with Gasteiger partial charge in [-0.3, -0.25) is 0 Å². The number of hydrogen-bond acceptors (Lipinski definition) is 1. The summed E-state index contributed by atoms with van der Waals surface area (Å²) in [6.45, 7) is 0. The number of rotatable bonds is 3. The predicted molar refractivity (Wildman–Crippen MR) is 67.7 cm³/mol. The van der Waals surface area contributed by atoms with Crippen LogP contribution in [-0.2, 0) is 6.42 Å². The van der Waals surface area contributed by atoms with Gasteiger partial charge in [-0.1, -0.05) is 30.7 Å². The summed E-state index contributed by atoms with van der Waals surface area (Å²) >= 11 is 0. The van der Waals surface area contributed by atoms with Gasteiger partial charge in [0.2, 0.25) is 0 Å². The predicted octanol–water partition coefficient (Wildman–Crippen LogP) is 3.10. The largest absolute Gasteiger partial charge is 0.316 e. The van der Waals surface area contributed by atoms with E-state index in [0.29, 0.717) is 0 Å². The lowest BCUT2D eigenvalue weighted by molar-refractivity contribution is 0.210. The fourth-order valence-corrected chi connectivity index (χ4v) is 3.53. The summed E-state index contributed by atoms with van der Waals surface area (Å²) in [4.78, 5) is 0. The van der Waals surface area contributed by atoms with E-state index in [2.05, 4.69) is 36.6 Å². The SMILES string of the molecule is CNC(C1CCC1)C1CCc2ccccc21. The van der Waals surface area contributed by atoms with Crippen LogP contribution >= 0.6 is 0 Å². The monoisotopic (exact) mass is 215 g/mol. The Labute approximate surface area is 98.3 Å². The number of benzene rings is 1. The minimum Gasteiger partial charge on any atom is -0.316 e. The van der Waals surface area contributed by atoms with Crippen LogP contribution < -0.4 is 5.32 Å². The second-order valence-corrected chi connectivity index (χ2v) is 5.35. The van der Waals surface area contributed by atoms with Crippen LogP contribution in [0.15, 0.2) is 24.3 Å². The zero-order valence-electron chi connectivity index (χ0n) is 10.1. The van der Waals surface area contributed by atoms with E-state index in [1.54, 1.807) is 11.1 Å². The third-order valence-corrected chi connectivity index (χ3v) is 4.60. The van der Waals surface area contributed by atoms with Gasteiger partial charge >= 0.3 is 0 Å². The maximum Gasteiger partial charge on any atom is 0.0161 e. The summed E-state index contributed by atoms with van der Waals surface area (Å²) in [7, 11) is 2.14. The Morgan fingerprint density at radius 3 is 2.69 bits per heavy atom. The average Bonchev–Trinajstić information content (AvgIpc) is 2.67. The molecule has 0 spiro atoms. The first kappa shape index (κ1) is 10.3. The molecule has 0 amide bonds. The molecule has 2 atom stereocenters. The molecular weight excluding hydrogens is 194 g/mol. The Morgan fingerprint density at radius 1 is 1.19 bits per heavy atom. The van der Waals surface area contributed by atoms with Crippen molar-refractivity contribution in [1.82, 2.24) is 5.32 Å². The van der Waals surface area contributed by atoms with Gasteiger partial charge in [0.1, 0.15) is 0 Å². The Kier molecular flexibility index (Phi) is 2.72. The molecule has 2 aliphatic carbocycles. The molecule has 0 aliphatic heterocycles. The zero-order chi connectivity index (χ0) is 11.0. The third kappa shape index (κ3) is 1.58. The lowest BCUT2D eigenvalue weighted by Gasteiger charge is -2.37. The van der Waals surface area contributed by atoms with Gasteiger partial charge < -0.3 is 5.32 Å². The minimum atomic E-state index is 0.720. The highest BCUT2D eigenvalue weighted by Gasteiger charge is 2.35. The highest BCUT2D eigenvalue weighted by molar-refractivity contribution is 5.36. The number of nitrogens with one attached hydrogen (secondary N) is 1. The molecule has 1 aromatic rings. The molecule has 1 heteroatoms. The summed E-state index contributed by atoms with van der Waals surface area (Å²) in [5, 5.41) is 3.59. The second-order valence-electron chi connectivity index (χ2n) is 5.35. The van der Waals surface area contributed by atoms with Crippen molar-refractivity contribution < 1.29 is 0 Å². The van der Waals surface area contributed by atoms with Gasteiger partial charge in [-0.15, -0.1) is 0 Å². The van der Waals surface area contributed by atoms with Crippen molar-refractivity contribution >= 4 is 0 Å². The quantitative estimate of drug-likeness (QED) is 0.817. The van der Waals surface area contributed by atoms with Gasteiger partial charge in [0.25, 0.3) is 0 Å². The number of likely N-dealkylation sites (N-methyl/N-ethyl adjacent to an activating group) is 1. The van der Waals surface area contributed by atoms with Crippen molar-refractivity contribution in [2.75, 3.05) is 7.05 Å². The second kappa shape index (κ2) is 4.21. The van der Waals surface area contributed by atoms with Gasteiger partial charge in [-0.25, -0.2) is 0 Å². The van der Waals surface area contributed by atoms with Gasteiger partial charge in [0.15, 0.2) is 0 Å². The van der Waals surface area contributed by atoms with Crippen LogP contribution in [0.3, 0.4) is 0 Å². The molecule has 1 N–H and O–H groups in total. The van der Waals surface area contributed by atoms with E-state index < -0.39 is 0 Å². The van der Waals surface area contributed by atoms with Crippen LogP contribution in [0.2, 0.25) is 0 Å². The van der Waals surface area contributed by atoms with Gasteiger partial charge in [-0.05, 0) is 49.8 Å². The van der Waals surface area contributed by atoms with E-state index in [1.165, 1.54) is 32.1 Å². The normalized spacial score (nSPS) is 26.2. The fraction of sp³-hybridized carbons (Fsp3) is 0.600. The van der Waals surface area contributed by atoms with Crippen LogP contribution in [0.1, 0.15) is 42.7 Å². The van der Waals surface area contributed by atoms with Crippen molar-refractivity contribution in [1.29, 1.82) is 0 Å². The summed E-state index contributed by atoms with van der Waals surface area (Å²) in [6.07, 6.45) is 6.94. The van der Waals surface area contributed by atoms with E-state index in [-0.39, 0.29) is 0 Å². The van der Waals surface area contributed by atoms with E-state index >= 15 is 0 Å². The first-order valence-electron chi connectivity index (χ1n) is 6.65. The van der Waals surface area contributed by atoms with Crippen molar-refractivity contribution in [2.24, 2.45) is 5.92 Å². The van der Waals surface area contributed by atoms with E-state index in [0.717, 1.165) is 17.9 Å². The highest BCUT2D eigenvalue weighted by Crippen LogP contribution is 2.42. The van der Waals surface area contributed by atoms with Crippen LogP contribution in [0.5, 0.6) is 0 Å². The van der Waals surface area contributed by atoms with Crippen LogP contribution in [0.25, 0.3) is 0 Å². The van der Waals surface area contributed by atoms with Crippen molar-refractivity contribution in [3.63, 3.8) is 0 Å². The molecule has 0 radical (unpaired) electrons. The van der Waals surface area contributed by atoms with E-state index in [9.17, 15) is 0 Å². The van der Waals surface area contributed by atoms with Crippen LogP contribution in [-0.4, -0.2) is 13.1 Å². The topological polar surface area (TPSA) is 12.0 Å². The zero-order valence-corrected chi connectivity index (χ0v) is 10.1. The number of aryl methyl sites for hydroxylation is 1. The molecule has 16 heavy (non-hydrogen) atoms. The molecule has 0 aromatic heterocycles. The standard InChI is InChI=1S/C15H21N/c1-16-15(12-6-4-7-12)14-10-9-11-5-2-3-8-13(11)14/h2-3,5,8,12,14-16H,4,6-7,9-10H2,1H3. The molecule has 1 saturated carbocycles. The molecular formula is C15H21N. The number of hydrogen-bond donors (Lipinski definition) is 1. The third-order valence-electron chi connectivity index (χ3n) is 4.60. The van der Waals surface area contributed by atoms with Crippen molar-refractivity contribution in [3.05, 3.63) is 35.4 Å². The summed E-state index contributed by atoms with van der Waals surface area (Å²) in [5.41, 5.74) is 3.21. The molecule has 2 aliphatic rings. The molecule has 1 aromatic carbocycles. The van der Waals surface area contributed by atoms with E-state index in [1.807, 2.05) is 0 Å². The Hall–Kier alpha value is -0.820. The number of fused-ring (bicyclic) bond motifs is 1. The molecule has 1 nitrogen and oxygen atoms in total. The van der Waals surface area contributed by atoms with Crippen molar-refractivity contribution in [3.8, 4) is 0 Å². The molecule has 0 saturated heterocycles. The van der Waals surface area contributed by atoms with Crippen molar-refractivity contribution in [2.45, 2.75) is 44.1 Å². The van der Waals surface area contributed by atoms with Gasteiger partial charge in [0, 0.05) is 12.0 Å². The lowest BCUT2D eigenvalue weighted by Crippen LogP contribution is -2.41. The van der Waals surface area contributed by atoms with Gasteiger partial charge in [0.05, 0.1) is 0 Å². The van der Waals surface area contributed by atoms with Gasteiger partial charge in [-0.2, -0.15) is 0 Å². The first-order chi connectivity index (χ1) is 7.90. The lowest BCUT2D eigenvalue weighted by atomic mass is 9.73. The average molecular weight is 215 g/mol. The molecule has 1 fully saturated rings. The summed E-state index contributed by atoms with van der Waals surface area (Å²) in [6, 6.07) is 9.75. The minimum absolute atomic E-state index is 0.720. The fourth-order valence-electron chi connectivity index (χ4n) is 3.53. The molecule has 2 unspecified atom stereocenters. The molecule has 0 heterocycles. The smallest absolute Gasteiger partial charge is 0.0161 e. The van der Waals surface area contributed by atoms with E-state index in [4.69, 9.17) is 0 Å². The molecule has 86 valence electrons. The molecule has 3 rings (SSSR count). The maximum absolute atomic E-state index is 3.59. The van der Waals surface area contributed by atoms with Crippen LogP contribution in [0.4, 0.5) is 0 Å². The Bertz CT molecular complexity index is 367. The summed E-state index contributed by atoms with van der Waals surface area (Å²) in [5.74, 6) is 1.70. The Balaban J connectivity index is 1.84. The summed E-state index contributed by atoms with van der Waals surface area (Å²) < 4.78 is 0. The molecule has 0 bridgehead atoms.